The lowest BCUT2D eigenvalue weighted by atomic mass is 9.74. The van der Waals surface area contributed by atoms with Crippen molar-refractivity contribution in [2.24, 2.45) is 11.3 Å². The molecule has 5 nitrogen and oxygen atoms in total. The molecule has 6 heteroatoms. The minimum absolute atomic E-state index is 0.129. The quantitative estimate of drug-likeness (QED) is 0.742. The number of hydrogen-bond acceptors (Lipinski definition) is 4. The Morgan fingerprint density at radius 3 is 2.42 bits per heavy atom. The SMILES string of the molecule is CC1(C)CC(=O)C2=C(C1)O[C@@H]1C(=O)N(c3ccc(F)cc3)C(=O)[C@H]21. The second-order valence-electron chi connectivity index (χ2n) is 7.28. The Balaban J connectivity index is 1.72. The van der Waals surface area contributed by atoms with Crippen LogP contribution in [0.5, 0.6) is 0 Å². The molecular formula is C18H16FNO4. The van der Waals surface area contributed by atoms with Gasteiger partial charge in [0.15, 0.2) is 11.9 Å². The summed E-state index contributed by atoms with van der Waals surface area (Å²) in [6.45, 7) is 3.92. The zero-order valence-corrected chi connectivity index (χ0v) is 13.3. The average molecular weight is 329 g/mol. The molecule has 1 saturated heterocycles. The van der Waals surface area contributed by atoms with Crippen LogP contribution in [-0.4, -0.2) is 23.7 Å². The second-order valence-corrected chi connectivity index (χ2v) is 7.28. The molecule has 1 fully saturated rings. The van der Waals surface area contributed by atoms with Crippen LogP contribution < -0.4 is 4.90 Å². The van der Waals surface area contributed by atoms with Gasteiger partial charge in [0.25, 0.3) is 5.91 Å². The van der Waals surface area contributed by atoms with Crippen LogP contribution in [0.2, 0.25) is 0 Å². The molecule has 1 aromatic rings. The normalized spacial score (nSPS) is 28.1. The first kappa shape index (κ1) is 15.1. The first-order valence-corrected chi connectivity index (χ1v) is 7.85. The molecule has 0 unspecified atom stereocenters. The summed E-state index contributed by atoms with van der Waals surface area (Å²) in [4.78, 5) is 38.9. The van der Waals surface area contributed by atoms with E-state index in [4.69, 9.17) is 4.74 Å². The van der Waals surface area contributed by atoms with Crippen LogP contribution in [0.1, 0.15) is 26.7 Å². The van der Waals surface area contributed by atoms with Gasteiger partial charge in [-0.3, -0.25) is 14.4 Å². The maximum atomic E-state index is 13.1. The molecule has 124 valence electrons. The van der Waals surface area contributed by atoms with Gasteiger partial charge < -0.3 is 4.74 Å². The van der Waals surface area contributed by atoms with Gasteiger partial charge in [-0.25, -0.2) is 9.29 Å². The maximum absolute atomic E-state index is 13.1. The minimum atomic E-state index is -0.981. The van der Waals surface area contributed by atoms with E-state index in [9.17, 15) is 18.8 Å². The molecule has 1 aliphatic carbocycles. The number of anilines is 1. The van der Waals surface area contributed by atoms with Gasteiger partial charge in [0.2, 0.25) is 5.91 Å². The summed E-state index contributed by atoms with van der Waals surface area (Å²) in [5, 5.41) is 0. The lowest BCUT2D eigenvalue weighted by molar-refractivity contribution is -0.126. The maximum Gasteiger partial charge on any atom is 0.276 e. The number of benzene rings is 1. The molecule has 24 heavy (non-hydrogen) atoms. The van der Waals surface area contributed by atoms with Gasteiger partial charge in [-0.05, 0) is 29.7 Å². The molecule has 2 aliphatic heterocycles. The van der Waals surface area contributed by atoms with Crippen LogP contribution in [-0.2, 0) is 19.1 Å². The van der Waals surface area contributed by atoms with Gasteiger partial charge in [0.1, 0.15) is 17.5 Å². The Morgan fingerprint density at radius 1 is 1.08 bits per heavy atom. The molecule has 0 bridgehead atoms. The van der Waals surface area contributed by atoms with Gasteiger partial charge in [-0.2, -0.15) is 0 Å². The summed E-state index contributed by atoms with van der Waals surface area (Å²) >= 11 is 0. The summed E-state index contributed by atoms with van der Waals surface area (Å²) in [6, 6.07) is 5.11. The van der Waals surface area contributed by atoms with Crippen LogP contribution in [0.15, 0.2) is 35.6 Å². The van der Waals surface area contributed by atoms with Crippen LogP contribution in [0.3, 0.4) is 0 Å². The van der Waals surface area contributed by atoms with E-state index in [0.29, 0.717) is 24.2 Å². The standard InChI is InChI=1S/C18H16FNO4/c1-18(2)7-11(21)13-12(8-18)24-15-14(13)16(22)20(17(15)23)10-5-3-9(19)4-6-10/h3-6,14-15H,7-8H2,1-2H3/t14-,15+/m1/s1. The largest absolute Gasteiger partial charge is 0.483 e. The average Bonchev–Trinajstić information content (AvgIpc) is 2.96. The number of amides is 2. The van der Waals surface area contributed by atoms with E-state index in [1.165, 1.54) is 24.3 Å². The third-order valence-corrected chi connectivity index (χ3v) is 4.80. The Labute approximate surface area is 138 Å². The van der Waals surface area contributed by atoms with E-state index in [0.717, 1.165) is 4.90 Å². The Morgan fingerprint density at radius 2 is 1.75 bits per heavy atom. The van der Waals surface area contributed by atoms with Crippen LogP contribution in [0, 0.1) is 17.2 Å². The van der Waals surface area contributed by atoms with Gasteiger partial charge in [0.05, 0.1) is 5.69 Å². The minimum Gasteiger partial charge on any atom is -0.483 e. The zero-order chi connectivity index (χ0) is 17.2. The summed E-state index contributed by atoms with van der Waals surface area (Å²) in [6.07, 6.45) is -0.111. The number of fused-ring (bicyclic) bond motifs is 2. The number of rotatable bonds is 1. The van der Waals surface area contributed by atoms with E-state index in [1.807, 2.05) is 13.8 Å². The third-order valence-electron chi connectivity index (χ3n) is 4.80. The van der Waals surface area contributed by atoms with Gasteiger partial charge in [-0.1, -0.05) is 13.8 Å². The van der Waals surface area contributed by atoms with Crippen molar-refractivity contribution < 1.29 is 23.5 Å². The molecular weight excluding hydrogens is 313 g/mol. The molecule has 0 N–H and O–H groups in total. The Hall–Kier alpha value is -2.50. The molecule has 2 atom stereocenters. The molecule has 0 radical (unpaired) electrons. The first-order valence-electron chi connectivity index (χ1n) is 7.85. The predicted octanol–water partition coefficient (Wildman–Crippen LogP) is 2.36. The van der Waals surface area contributed by atoms with Crippen LogP contribution in [0.4, 0.5) is 10.1 Å². The predicted molar refractivity (Wildman–Crippen MR) is 82.3 cm³/mol. The second kappa shape index (κ2) is 4.75. The first-order chi connectivity index (χ1) is 11.3. The third kappa shape index (κ3) is 2.02. The molecule has 0 aromatic heterocycles. The van der Waals surface area contributed by atoms with Crippen LogP contribution in [0.25, 0.3) is 0 Å². The molecule has 1 aromatic carbocycles. The Kier molecular flexibility index (Phi) is 2.98. The number of ether oxygens (including phenoxy) is 1. The van der Waals surface area contributed by atoms with E-state index in [2.05, 4.69) is 0 Å². The van der Waals surface area contributed by atoms with E-state index < -0.39 is 29.7 Å². The highest BCUT2D eigenvalue weighted by Gasteiger charge is 2.59. The summed E-state index contributed by atoms with van der Waals surface area (Å²) in [5.41, 5.74) is 0.398. The zero-order valence-electron chi connectivity index (χ0n) is 13.3. The summed E-state index contributed by atoms with van der Waals surface area (Å²) in [7, 11) is 0. The molecule has 2 amide bonds. The molecule has 4 rings (SSSR count). The van der Waals surface area contributed by atoms with Crippen molar-refractivity contribution in [3.63, 3.8) is 0 Å². The fourth-order valence-electron chi connectivity index (χ4n) is 3.77. The highest BCUT2D eigenvalue weighted by Crippen LogP contribution is 2.48. The number of allylic oxidation sites excluding steroid dienone is 1. The lowest BCUT2D eigenvalue weighted by Gasteiger charge is -2.29. The highest BCUT2D eigenvalue weighted by atomic mass is 19.1. The number of carbonyl (C=O) groups is 3. The monoisotopic (exact) mass is 329 g/mol. The number of Topliss-reactive ketones (excluding diaryl/α,β-unsaturated/α-hetero) is 1. The van der Waals surface area contributed by atoms with Crippen molar-refractivity contribution in [3.8, 4) is 0 Å². The fourth-order valence-corrected chi connectivity index (χ4v) is 3.77. The molecule has 2 heterocycles. The van der Waals surface area contributed by atoms with Crippen molar-refractivity contribution >= 4 is 23.3 Å². The molecule has 0 saturated carbocycles. The summed E-state index contributed by atoms with van der Waals surface area (Å²) < 4.78 is 18.8. The number of carbonyl (C=O) groups excluding carboxylic acids is 3. The van der Waals surface area contributed by atoms with Crippen molar-refractivity contribution in [3.05, 3.63) is 41.4 Å². The number of ketones is 1. The van der Waals surface area contributed by atoms with Gasteiger partial charge in [0, 0.05) is 18.4 Å². The van der Waals surface area contributed by atoms with Gasteiger partial charge in [-0.15, -0.1) is 0 Å². The van der Waals surface area contributed by atoms with Crippen molar-refractivity contribution in [1.29, 1.82) is 0 Å². The number of halogens is 1. The fraction of sp³-hybridized carbons (Fsp3) is 0.389. The van der Waals surface area contributed by atoms with Crippen molar-refractivity contribution in [2.45, 2.75) is 32.8 Å². The lowest BCUT2D eigenvalue weighted by Crippen LogP contribution is -2.34. The molecule has 3 aliphatic rings. The van der Waals surface area contributed by atoms with Crippen molar-refractivity contribution in [2.75, 3.05) is 4.90 Å². The van der Waals surface area contributed by atoms with Crippen molar-refractivity contribution in [1.82, 2.24) is 0 Å². The van der Waals surface area contributed by atoms with E-state index in [1.54, 1.807) is 0 Å². The van der Waals surface area contributed by atoms with E-state index in [-0.39, 0.29) is 16.9 Å². The summed E-state index contributed by atoms with van der Waals surface area (Å²) in [5.74, 6) is -1.96. The number of nitrogens with zero attached hydrogens (tertiary/aromatic N) is 1. The van der Waals surface area contributed by atoms with E-state index >= 15 is 0 Å². The smallest absolute Gasteiger partial charge is 0.276 e. The highest BCUT2D eigenvalue weighted by molar-refractivity contribution is 6.26. The van der Waals surface area contributed by atoms with Crippen LogP contribution >= 0.6 is 0 Å². The number of hydrogen-bond donors (Lipinski definition) is 0. The topological polar surface area (TPSA) is 63.7 Å². The van der Waals surface area contributed by atoms with Gasteiger partial charge >= 0.3 is 0 Å². The molecule has 0 spiro atoms. The Bertz CT molecular complexity index is 809. The number of imide groups is 1.